The molecule has 0 aliphatic rings. The molecule has 1 atom stereocenters. The van der Waals surface area contributed by atoms with Crippen LogP contribution >= 0.6 is 31.9 Å². The maximum atomic E-state index is 9.51. The molecule has 0 spiro atoms. The maximum Gasteiger partial charge on any atom is 0.0991 e. The third kappa shape index (κ3) is 1.97. The fourth-order valence-corrected chi connectivity index (χ4v) is 2.38. The van der Waals surface area contributed by atoms with Crippen LogP contribution in [0.25, 0.3) is 0 Å². The molecule has 0 aliphatic heterocycles. The zero-order chi connectivity index (χ0) is 9.14. The molecule has 0 fully saturated rings. The first kappa shape index (κ1) is 9.96. The molecule has 1 unspecified atom stereocenters. The van der Waals surface area contributed by atoms with Gasteiger partial charge >= 0.3 is 0 Å². The van der Waals surface area contributed by atoms with E-state index in [0.29, 0.717) is 0 Å². The summed E-state index contributed by atoms with van der Waals surface area (Å²) in [5.74, 6) is 0. The van der Waals surface area contributed by atoms with Crippen LogP contribution in [0.1, 0.15) is 11.7 Å². The van der Waals surface area contributed by atoms with E-state index in [-0.39, 0.29) is 0 Å². The molecule has 1 aromatic carbocycles. The number of aliphatic hydroxyl groups excluding tert-OH is 1. The molecule has 0 saturated heterocycles. The van der Waals surface area contributed by atoms with Crippen LogP contribution in [0.15, 0.2) is 39.8 Å². The number of halogens is 2. The van der Waals surface area contributed by atoms with Gasteiger partial charge in [-0.15, -0.1) is 6.58 Å². The lowest BCUT2D eigenvalue weighted by molar-refractivity contribution is 0.227. The van der Waals surface area contributed by atoms with Crippen molar-refractivity contribution < 1.29 is 5.11 Å². The van der Waals surface area contributed by atoms with Gasteiger partial charge in [-0.1, -0.05) is 44.0 Å². The van der Waals surface area contributed by atoms with Crippen molar-refractivity contribution in [2.75, 3.05) is 0 Å². The second-order valence-corrected chi connectivity index (χ2v) is 4.02. The van der Waals surface area contributed by atoms with Crippen molar-refractivity contribution in [3.05, 3.63) is 45.4 Å². The number of hydrogen-bond acceptors (Lipinski definition) is 1. The van der Waals surface area contributed by atoms with Gasteiger partial charge < -0.3 is 5.11 Å². The summed E-state index contributed by atoms with van der Waals surface area (Å²) in [6.45, 7) is 3.53. The van der Waals surface area contributed by atoms with Gasteiger partial charge in [0, 0.05) is 14.5 Å². The second kappa shape index (κ2) is 4.21. The smallest absolute Gasteiger partial charge is 0.0991 e. The van der Waals surface area contributed by atoms with Crippen molar-refractivity contribution in [1.29, 1.82) is 0 Å². The van der Waals surface area contributed by atoms with Crippen molar-refractivity contribution >= 4 is 31.9 Å². The Morgan fingerprint density at radius 2 is 1.83 bits per heavy atom. The largest absolute Gasteiger partial charge is 0.384 e. The van der Waals surface area contributed by atoms with Crippen LogP contribution in [0.5, 0.6) is 0 Å². The molecule has 1 nitrogen and oxygen atoms in total. The van der Waals surface area contributed by atoms with Crippen molar-refractivity contribution in [3.63, 3.8) is 0 Å². The summed E-state index contributed by atoms with van der Waals surface area (Å²) in [7, 11) is 0. The molecule has 1 aromatic rings. The summed E-state index contributed by atoms with van der Waals surface area (Å²) in [5.41, 5.74) is 0.813. The van der Waals surface area contributed by atoms with Crippen LogP contribution in [0, 0.1) is 0 Å². The molecule has 0 bridgehead atoms. The Labute approximate surface area is 88.4 Å². The fraction of sp³-hybridized carbons (Fsp3) is 0.111. The van der Waals surface area contributed by atoms with Gasteiger partial charge in [0.05, 0.1) is 6.10 Å². The molecule has 1 N–H and O–H groups in total. The standard InChI is InChI=1S/C9H8Br2O/c1-2-8(12)9-6(10)4-3-5-7(9)11/h2-5,8,12H,1H2. The zero-order valence-electron chi connectivity index (χ0n) is 6.30. The molecule has 1 rings (SSSR count). The minimum atomic E-state index is -0.630. The molecule has 3 heteroatoms. The Morgan fingerprint density at radius 3 is 2.25 bits per heavy atom. The molecule has 0 radical (unpaired) electrons. The van der Waals surface area contributed by atoms with E-state index in [1.165, 1.54) is 6.08 Å². The fourth-order valence-electron chi connectivity index (χ4n) is 0.911. The summed E-state index contributed by atoms with van der Waals surface area (Å²) in [4.78, 5) is 0. The summed E-state index contributed by atoms with van der Waals surface area (Å²) < 4.78 is 1.76. The highest BCUT2D eigenvalue weighted by Gasteiger charge is 2.10. The average molecular weight is 292 g/mol. The first-order chi connectivity index (χ1) is 5.66. The van der Waals surface area contributed by atoms with Crippen LogP contribution in [0.2, 0.25) is 0 Å². The molecule has 0 saturated carbocycles. The first-order valence-corrected chi connectivity index (χ1v) is 5.00. The van der Waals surface area contributed by atoms with Crippen LogP contribution in [0.3, 0.4) is 0 Å². The summed E-state index contributed by atoms with van der Waals surface area (Å²) in [6.07, 6.45) is 0.861. The van der Waals surface area contributed by atoms with E-state index in [1.54, 1.807) is 0 Å². The molecule has 0 aliphatic carbocycles. The highest BCUT2D eigenvalue weighted by molar-refractivity contribution is 9.11. The highest BCUT2D eigenvalue weighted by Crippen LogP contribution is 2.30. The Kier molecular flexibility index (Phi) is 3.50. The first-order valence-electron chi connectivity index (χ1n) is 3.41. The lowest BCUT2D eigenvalue weighted by atomic mass is 10.1. The van der Waals surface area contributed by atoms with Gasteiger partial charge in [0.15, 0.2) is 0 Å². The van der Waals surface area contributed by atoms with Crippen molar-refractivity contribution in [3.8, 4) is 0 Å². The van der Waals surface area contributed by atoms with Gasteiger partial charge in [-0.2, -0.15) is 0 Å². The lowest BCUT2D eigenvalue weighted by Crippen LogP contribution is -1.94. The number of aliphatic hydroxyl groups is 1. The third-order valence-corrected chi connectivity index (χ3v) is 2.90. The Balaban J connectivity index is 3.20. The highest BCUT2D eigenvalue weighted by atomic mass is 79.9. The van der Waals surface area contributed by atoms with Gasteiger partial charge in [0.1, 0.15) is 0 Å². The van der Waals surface area contributed by atoms with Crippen LogP contribution in [-0.2, 0) is 0 Å². The monoisotopic (exact) mass is 290 g/mol. The predicted octanol–water partition coefficient (Wildman–Crippen LogP) is 3.43. The predicted molar refractivity (Wildman–Crippen MR) is 57.0 cm³/mol. The molecule has 0 amide bonds. The van der Waals surface area contributed by atoms with Crippen molar-refractivity contribution in [2.24, 2.45) is 0 Å². The van der Waals surface area contributed by atoms with E-state index in [1.807, 2.05) is 18.2 Å². The normalized spacial score (nSPS) is 12.6. The quantitative estimate of drug-likeness (QED) is 0.828. The summed E-state index contributed by atoms with van der Waals surface area (Å²) in [6, 6.07) is 5.66. The lowest BCUT2D eigenvalue weighted by Gasteiger charge is -2.09. The van der Waals surface area contributed by atoms with Crippen molar-refractivity contribution in [1.82, 2.24) is 0 Å². The number of hydrogen-bond donors (Lipinski definition) is 1. The molecule has 12 heavy (non-hydrogen) atoms. The van der Waals surface area contributed by atoms with Crippen LogP contribution < -0.4 is 0 Å². The molecule has 0 heterocycles. The van der Waals surface area contributed by atoms with E-state index < -0.39 is 6.10 Å². The molecule has 0 aromatic heterocycles. The summed E-state index contributed by atoms with van der Waals surface area (Å²) in [5, 5.41) is 9.51. The van der Waals surface area contributed by atoms with Gasteiger partial charge in [-0.3, -0.25) is 0 Å². The average Bonchev–Trinajstić information content (AvgIpc) is 2.03. The van der Waals surface area contributed by atoms with E-state index in [9.17, 15) is 5.11 Å². The zero-order valence-corrected chi connectivity index (χ0v) is 9.47. The van der Waals surface area contributed by atoms with Gasteiger partial charge in [-0.05, 0) is 12.1 Å². The molecular formula is C9H8Br2O. The van der Waals surface area contributed by atoms with Crippen LogP contribution in [-0.4, -0.2) is 5.11 Å². The Hall–Kier alpha value is -0.120. The summed E-state index contributed by atoms with van der Waals surface area (Å²) >= 11 is 6.70. The topological polar surface area (TPSA) is 20.2 Å². The van der Waals surface area contributed by atoms with Crippen molar-refractivity contribution in [2.45, 2.75) is 6.10 Å². The second-order valence-electron chi connectivity index (χ2n) is 2.32. The SMILES string of the molecule is C=CC(O)c1c(Br)cccc1Br. The van der Waals surface area contributed by atoms with Gasteiger partial charge in [0.25, 0.3) is 0 Å². The van der Waals surface area contributed by atoms with Gasteiger partial charge in [-0.25, -0.2) is 0 Å². The minimum absolute atomic E-state index is 0.630. The third-order valence-electron chi connectivity index (χ3n) is 1.52. The van der Waals surface area contributed by atoms with Gasteiger partial charge in [0.2, 0.25) is 0 Å². The minimum Gasteiger partial charge on any atom is -0.384 e. The Morgan fingerprint density at radius 1 is 1.33 bits per heavy atom. The molecule has 64 valence electrons. The van der Waals surface area contributed by atoms with E-state index in [2.05, 4.69) is 38.4 Å². The Bertz CT molecular complexity index is 276. The van der Waals surface area contributed by atoms with E-state index >= 15 is 0 Å². The molecular weight excluding hydrogens is 284 g/mol. The maximum absolute atomic E-state index is 9.51. The van der Waals surface area contributed by atoms with E-state index in [0.717, 1.165) is 14.5 Å². The van der Waals surface area contributed by atoms with E-state index in [4.69, 9.17) is 0 Å². The van der Waals surface area contributed by atoms with Crippen LogP contribution in [0.4, 0.5) is 0 Å². The number of rotatable bonds is 2. The number of benzene rings is 1.